The van der Waals surface area contributed by atoms with Crippen molar-refractivity contribution in [3.63, 3.8) is 0 Å². The molecule has 1 aromatic carbocycles. The highest BCUT2D eigenvalue weighted by molar-refractivity contribution is 7.84. The van der Waals surface area contributed by atoms with Crippen LogP contribution in [-0.2, 0) is 27.3 Å². The highest BCUT2D eigenvalue weighted by Gasteiger charge is 2.33. The molecule has 9 heteroatoms. The molecule has 0 saturated carbocycles. The predicted molar refractivity (Wildman–Crippen MR) is 49.3 cm³/mol. The number of alkyl halides is 3. The van der Waals surface area contributed by atoms with E-state index in [0.717, 1.165) is 6.07 Å². The summed E-state index contributed by atoms with van der Waals surface area (Å²) in [6.45, 7) is -0.631. The Morgan fingerprint density at radius 2 is 1.88 bits per heavy atom. The summed E-state index contributed by atoms with van der Waals surface area (Å²) < 4.78 is 74.4. The molecule has 0 heterocycles. The van der Waals surface area contributed by atoms with E-state index in [9.17, 15) is 26.0 Å². The fourth-order valence-corrected chi connectivity index (χ4v) is 1.33. The SMILES string of the molecule is NS(=O)(=O)OCc1ccc(C(F)(F)F)c(F)c1. The summed E-state index contributed by atoms with van der Waals surface area (Å²) in [6, 6.07) is 1.93. The van der Waals surface area contributed by atoms with E-state index in [1.54, 1.807) is 0 Å². The van der Waals surface area contributed by atoms with Crippen molar-refractivity contribution in [3.05, 3.63) is 35.1 Å². The molecule has 0 aliphatic rings. The average molecular weight is 273 g/mol. The van der Waals surface area contributed by atoms with E-state index in [1.165, 1.54) is 0 Å². The van der Waals surface area contributed by atoms with Gasteiger partial charge in [-0.25, -0.2) is 9.53 Å². The Kier molecular flexibility index (Phi) is 3.74. The highest BCUT2D eigenvalue weighted by Crippen LogP contribution is 2.31. The lowest BCUT2D eigenvalue weighted by Gasteiger charge is -2.09. The minimum atomic E-state index is -4.80. The van der Waals surface area contributed by atoms with E-state index in [0.29, 0.717) is 12.1 Å². The molecule has 0 bridgehead atoms. The Morgan fingerprint density at radius 3 is 2.29 bits per heavy atom. The second-order valence-corrected chi connectivity index (χ2v) is 4.29. The Hall–Kier alpha value is -1.19. The van der Waals surface area contributed by atoms with Gasteiger partial charge in [-0.1, -0.05) is 6.07 Å². The summed E-state index contributed by atoms with van der Waals surface area (Å²) >= 11 is 0. The van der Waals surface area contributed by atoms with Crippen molar-refractivity contribution in [2.45, 2.75) is 12.8 Å². The molecule has 0 fully saturated rings. The molecule has 1 rings (SSSR count). The smallest absolute Gasteiger partial charge is 0.253 e. The van der Waals surface area contributed by atoms with Crippen LogP contribution < -0.4 is 5.14 Å². The molecular weight excluding hydrogens is 266 g/mol. The van der Waals surface area contributed by atoms with E-state index in [4.69, 9.17) is 0 Å². The molecule has 1 aromatic rings. The molecule has 17 heavy (non-hydrogen) atoms. The number of benzene rings is 1. The van der Waals surface area contributed by atoms with Crippen molar-refractivity contribution in [1.29, 1.82) is 0 Å². The normalized spacial score (nSPS) is 12.8. The summed E-state index contributed by atoms with van der Waals surface area (Å²) in [7, 11) is -4.22. The molecule has 0 atom stereocenters. The van der Waals surface area contributed by atoms with E-state index >= 15 is 0 Å². The largest absolute Gasteiger partial charge is 0.419 e. The van der Waals surface area contributed by atoms with Gasteiger partial charge in [-0.3, -0.25) is 4.18 Å². The zero-order chi connectivity index (χ0) is 13.3. The maximum atomic E-state index is 13.0. The first-order valence-electron chi connectivity index (χ1n) is 4.12. The average Bonchev–Trinajstić information content (AvgIpc) is 2.11. The van der Waals surface area contributed by atoms with Crippen LogP contribution in [0.5, 0.6) is 0 Å². The zero-order valence-corrected chi connectivity index (χ0v) is 8.98. The predicted octanol–water partition coefficient (Wildman–Crippen LogP) is 1.56. The van der Waals surface area contributed by atoms with Crippen LogP contribution in [0.1, 0.15) is 11.1 Å². The number of hydrogen-bond acceptors (Lipinski definition) is 3. The van der Waals surface area contributed by atoms with E-state index in [2.05, 4.69) is 9.32 Å². The minimum Gasteiger partial charge on any atom is -0.253 e. The Labute approximate surface area is 94.2 Å². The van der Waals surface area contributed by atoms with Gasteiger partial charge in [-0.15, -0.1) is 0 Å². The first-order chi connectivity index (χ1) is 7.59. The van der Waals surface area contributed by atoms with Gasteiger partial charge in [0, 0.05) is 0 Å². The van der Waals surface area contributed by atoms with Gasteiger partial charge < -0.3 is 0 Å². The van der Waals surface area contributed by atoms with Gasteiger partial charge in [0.15, 0.2) is 0 Å². The molecule has 0 saturated heterocycles. The van der Waals surface area contributed by atoms with Crippen LogP contribution in [0.15, 0.2) is 18.2 Å². The first kappa shape index (κ1) is 13.9. The maximum absolute atomic E-state index is 13.0. The summed E-state index contributed by atoms with van der Waals surface area (Å²) in [5, 5.41) is 4.50. The van der Waals surface area contributed by atoms with E-state index in [-0.39, 0.29) is 5.56 Å². The third-order valence-electron chi connectivity index (χ3n) is 1.73. The monoisotopic (exact) mass is 273 g/mol. The molecule has 0 aliphatic heterocycles. The van der Waals surface area contributed by atoms with Gasteiger partial charge in [0.2, 0.25) is 0 Å². The van der Waals surface area contributed by atoms with Crippen molar-refractivity contribution >= 4 is 10.3 Å². The fourth-order valence-electron chi connectivity index (χ4n) is 1.03. The molecular formula is C8H7F4NO3S. The van der Waals surface area contributed by atoms with Gasteiger partial charge in [0.1, 0.15) is 5.82 Å². The van der Waals surface area contributed by atoms with E-state index in [1.807, 2.05) is 0 Å². The number of halogens is 4. The fraction of sp³-hybridized carbons (Fsp3) is 0.250. The summed E-state index contributed by atoms with van der Waals surface area (Å²) in [5.74, 6) is -1.51. The van der Waals surface area contributed by atoms with Crippen molar-refractivity contribution in [1.82, 2.24) is 0 Å². The molecule has 0 aromatic heterocycles. The Balaban J connectivity index is 2.90. The molecule has 0 unspecified atom stereocenters. The van der Waals surface area contributed by atoms with Gasteiger partial charge >= 0.3 is 16.5 Å². The highest BCUT2D eigenvalue weighted by atomic mass is 32.2. The van der Waals surface area contributed by atoms with Gasteiger partial charge in [-0.05, 0) is 17.7 Å². The van der Waals surface area contributed by atoms with Crippen LogP contribution in [0, 0.1) is 5.82 Å². The van der Waals surface area contributed by atoms with Crippen molar-refractivity contribution in [2.24, 2.45) is 5.14 Å². The van der Waals surface area contributed by atoms with Gasteiger partial charge in [0.05, 0.1) is 12.2 Å². The van der Waals surface area contributed by atoms with Crippen LogP contribution >= 0.6 is 0 Å². The number of rotatable bonds is 3. The zero-order valence-electron chi connectivity index (χ0n) is 8.16. The lowest BCUT2D eigenvalue weighted by atomic mass is 10.1. The van der Waals surface area contributed by atoms with Crippen molar-refractivity contribution < 1.29 is 30.2 Å². The number of nitrogens with two attached hydrogens (primary N) is 1. The van der Waals surface area contributed by atoms with Gasteiger partial charge in [-0.2, -0.15) is 21.6 Å². The van der Waals surface area contributed by atoms with Crippen LogP contribution in [-0.4, -0.2) is 8.42 Å². The van der Waals surface area contributed by atoms with Crippen LogP contribution in [0.25, 0.3) is 0 Å². The molecule has 0 aliphatic carbocycles. The summed E-state index contributed by atoms with van der Waals surface area (Å²) in [6.07, 6.45) is -4.80. The maximum Gasteiger partial charge on any atom is 0.419 e. The van der Waals surface area contributed by atoms with Crippen LogP contribution in [0.2, 0.25) is 0 Å². The molecule has 2 N–H and O–H groups in total. The Bertz CT molecular complexity index is 512. The summed E-state index contributed by atoms with van der Waals surface area (Å²) in [5.41, 5.74) is -1.51. The minimum absolute atomic E-state index is 0.0791. The second kappa shape index (κ2) is 4.59. The van der Waals surface area contributed by atoms with Crippen LogP contribution in [0.3, 0.4) is 0 Å². The van der Waals surface area contributed by atoms with Gasteiger partial charge in [0.25, 0.3) is 0 Å². The molecule has 4 nitrogen and oxygen atoms in total. The lowest BCUT2D eigenvalue weighted by Crippen LogP contribution is -2.16. The molecule has 0 radical (unpaired) electrons. The molecule has 0 spiro atoms. The topological polar surface area (TPSA) is 69.4 Å². The van der Waals surface area contributed by atoms with Crippen LogP contribution in [0.4, 0.5) is 17.6 Å². The summed E-state index contributed by atoms with van der Waals surface area (Å²) in [4.78, 5) is 0. The number of hydrogen-bond donors (Lipinski definition) is 1. The third kappa shape index (κ3) is 4.29. The standard InChI is InChI=1S/C8H7F4NO3S/c9-7-3-5(4-16-17(13,14)15)1-2-6(7)8(10,11)12/h1-3H,4H2,(H2,13,14,15). The van der Waals surface area contributed by atoms with Crippen molar-refractivity contribution in [2.75, 3.05) is 0 Å². The quantitative estimate of drug-likeness (QED) is 0.850. The Morgan fingerprint density at radius 1 is 1.29 bits per heavy atom. The molecule has 96 valence electrons. The third-order valence-corrected chi connectivity index (χ3v) is 2.18. The van der Waals surface area contributed by atoms with E-state index < -0.39 is 34.5 Å². The second-order valence-electron chi connectivity index (χ2n) is 3.07. The molecule has 0 amide bonds. The van der Waals surface area contributed by atoms with Crippen molar-refractivity contribution in [3.8, 4) is 0 Å². The lowest BCUT2D eigenvalue weighted by molar-refractivity contribution is -0.140. The first-order valence-corrected chi connectivity index (χ1v) is 5.59.